The molecule has 1 unspecified atom stereocenters. The first-order chi connectivity index (χ1) is 5.11. The van der Waals surface area contributed by atoms with E-state index in [9.17, 15) is 5.11 Å². The maximum atomic E-state index is 9.53. The zero-order valence-electron chi connectivity index (χ0n) is 6.41. The molecule has 1 rings (SSSR count). The van der Waals surface area contributed by atoms with Crippen molar-refractivity contribution in [2.75, 3.05) is 14.1 Å². The molecule has 4 heteroatoms. The number of thiophene rings is 1. The molecule has 0 aliphatic carbocycles. The lowest BCUT2D eigenvalue weighted by atomic mass is 10.4. The molecule has 0 saturated carbocycles. The van der Waals surface area contributed by atoms with Crippen LogP contribution in [0, 0.1) is 0 Å². The fourth-order valence-electron chi connectivity index (χ4n) is 0.718. The summed E-state index contributed by atoms with van der Waals surface area (Å²) < 4.78 is 1.03. The highest BCUT2D eigenvalue weighted by Gasteiger charge is 2.10. The summed E-state index contributed by atoms with van der Waals surface area (Å²) in [5.74, 6) is 0. The summed E-state index contributed by atoms with van der Waals surface area (Å²) in [5, 5.41) is 11.5. The first-order valence-corrected chi connectivity index (χ1v) is 4.87. The number of halogens is 1. The van der Waals surface area contributed by atoms with Crippen LogP contribution in [0.15, 0.2) is 15.9 Å². The second-order valence-electron chi connectivity index (χ2n) is 2.50. The number of rotatable bonds is 2. The van der Waals surface area contributed by atoms with Crippen LogP contribution in [0.2, 0.25) is 0 Å². The van der Waals surface area contributed by atoms with E-state index in [0.717, 1.165) is 9.35 Å². The molecule has 62 valence electrons. The van der Waals surface area contributed by atoms with E-state index in [2.05, 4.69) is 15.9 Å². The van der Waals surface area contributed by atoms with Gasteiger partial charge in [-0.3, -0.25) is 4.90 Å². The number of hydrogen-bond donors (Lipinski definition) is 1. The van der Waals surface area contributed by atoms with Gasteiger partial charge in [0, 0.05) is 14.7 Å². The minimum Gasteiger partial charge on any atom is -0.373 e. The fraction of sp³-hybridized carbons (Fsp3) is 0.429. The van der Waals surface area contributed by atoms with Crippen LogP contribution in [0.3, 0.4) is 0 Å². The predicted molar refractivity (Wildman–Crippen MR) is 50.7 cm³/mol. The van der Waals surface area contributed by atoms with E-state index < -0.39 is 6.23 Å². The predicted octanol–water partition coefficient (Wildman–Crippen LogP) is 2.06. The highest BCUT2D eigenvalue weighted by Crippen LogP contribution is 2.26. The minimum atomic E-state index is -0.480. The summed E-state index contributed by atoms with van der Waals surface area (Å²) in [6.45, 7) is 0. The zero-order valence-corrected chi connectivity index (χ0v) is 8.82. The van der Waals surface area contributed by atoms with Gasteiger partial charge in [-0.05, 0) is 36.1 Å². The fourth-order valence-corrected chi connectivity index (χ4v) is 2.24. The molecule has 1 atom stereocenters. The van der Waals surface area contributed by atoms with Crippen molar-refractivity contribution in [3.8, 4) is 0 Å². The van der Waals surface area contributed by atoms with Crippen LogP contribution in [0.4, 0.5) is 0 Å². The Morgan fingerprint density at radius 3 is 2.64 bits per heavy atom. The van der Waals surface area contributed by atoms with Crippen molar-refractivity contribution in [1.82, 2.24) is 4.90 Å². The van der Waals surface area contributed by atoms with Gasteiger partial charge in [-0.2, -0.15) is 0 Å². The third-order valence-electron chi connectivity index (χ3n) is 1.33. The lowest BCUT2D eigenvalue weighted by Crippen LogP contribution is -2.17. The minimum absolute atomic E-state index is 0.480. The maximum absolute atomic E-state index is 9.53. The molecule has 1 aromatic heterocycles. The lowest BCUT2D eigenvalue weighted by Gasteiger charge is -2.16. The van der Waals surface area contributed by atoms with Crippen LogP contribution in [0.25, 0.3) is 0 Å². The van der Waals surface area contributed by atoms with Crippen LogP contribution in [0.5, 0.6) is 0 Å². The molecule has 11 heavy (non-hydrogen) atoms. The van der Waals surface area contributed by atoms with E-state index in [0.29, 0.717) is 0 Å². The summed E-state index contributed by atoms with van der Waals surface area (Å²) in [7, 11) is 3.69. The molecular formula is C7H10BrNOS. The highest BCUT2D eigenvalue weighted by atomic mass is 79.9. The molecular weight excluding hydrogens is 226 g/mol. The maximum Gasteiger partial charge on any atom is 0.142 e. The summed E-state index contributed by atoms with van der Waals surface area (Å²) in [5.41, 5.74) is 0. The first kappa shape index (κ1) is 9.19. The van der Waals surface area contributed by atoms with Gasteiger partial charge in [0.1, 0.15) is 6.23 Å². The van der Waals surface area contributed by atoms with Gasteiger partial charge in [-0.15, -0.1) is 11.3 Å². The molecule has 0 saturated heterocycles. The molecule has 2 nitrogen and oxygen atoms in total. The summed E-state index contributed by atoms with van der Waals surface area (Å²) in [4.78, 5) is 2.72. The topological polar surface area (TPSA) is 23.5 Å². The van der Waals surface area contributed by atoms with Crippen LogP contribution in [0.1, 0.15) is 11.1 Å². The monoisotopic (exact) mass is 235 g/mol. The van der Waals surface area contributed by atoms with Crippen molar-refractivity contribution >= 4 is 27.3 Å². The Morgan fingerprint density at radius 1 is 1.64 bits per heavy atom. The van der Waals surface area contributed by atoms with Crippen LogP contribution in [-0.2, 0) is 0 Å². The second kappa shape index (κ2) is 3.67. The Balaban J connectivity index is 2.76. The van der Waals surface area contributed by atoms with Crippen molar-refractivity contribution < 1.29 is 5.11 Å². The summed E-state index contributed by atoms with van der Waals surface area (Å²) >= 11 is 4.88. The Bertz CT molecular complexity index is 236. The largest absolute Gasteiger partial charge is 0.373 e. The van der Waals surface area contributed by atoms with Gasteiger partial charge in [0.15, 0.2) is 0 Å². The Labute approximate surface area is 78.6 Å². The van der Waals surface area contributed by atoms with Crippen molar-refractivity contribution in [1.29, 1.82) is 0 Å². The quantitative estimate of drug-likeness (QED) is 0.794. The average molecular weight is 236 g/mol. The summed E-state index contributed by atoms with van der Waals surface area (Å²) in [6.07, 6.45) is -0.480. The molecule has 1 heterocycles. The average Bonchev–Trinajstić information content (AvgIpc) is 2.34. The first-order valence-electron chi connectivity index (χ1n) is 3.19. The van der Waals surface area contributed by atoms with Gasteiger partial charge >= 0.3 is 0 Å². The molecule has 1 N–H and O–H groups in total. The van der Waals surface area contributed by atoms with Crippen molar-refractivity contribution in [3.63, 3.8) is 0 Å². The molecule has 0 spiro atoms. The van der Waals surface area contributed by atoms with Crippen LogP contribution >= 0.6 is 27.3 Å². The van der Waals surface area contributed by atoms with Gasteiger partial charge in [0.25, 0.3) is 0 Å². The molecule has 0 aliphatic rings. The van der Waals surface area contributed by atoms with E-state index in [1.807, 2.05) is 25.5 Å². The Hall–Kier alpha value is 0.1000. The van der Waals surface area contributed by atoms with E-state index in [1.54, 1.807) is 16.2 Å². The SMILES string of the molecule is CN(C)C(O)c1cc(Br)cs1. The van der Waals surface area contributed by atoms with Crippen molar-refractivity contribution in [3.05, 3.63) is 20.8 Å². The Kier molecular flexibility index (Phi) is 3.06. The van der Waals surface area contributed by atoms with E-state index in [-0.39, 0.29) is 0 Å². The second-order valence-corrected chi connectivity index (χ2v) is 4.36. The van der Waals surface area contributed by atoms with Gasteiger partial charge in [-0.25, -0.2) is 0 Å². The number of aliphatic hydroxyl groups excluding tert-OH is 1. The Morgan fingerprint density at radius 2 is 2.27 bits per heavy atom. The van der Waals surface area contributed by atoms with Gasteiger partial charge in [-0.1, -0.05) is 0 Å². The lowest BCUT2D eigenvalue weighted by molar-refractivity contribution is 0.0427. The van der Waals surface area contributed by atoms with Crippen LogP contribution in [-0.4, -0.2) is 24.1 Å². The zero-order chi connectivity index (χ0) is 8.43. The summed E-state index contributed by atoms with van der Waals surface area (Å²) in [6, 6.07) is 1.93. The molecule has 0 aliphatic heterocycles. The number of nitrogens with zero attached hydrogens (tertiary/aromatic N) is 1. The van der Waals surface area contributed by atoms with Gasteiger partial charge in [0.05, 0.1) is 0 Å². The molecule has 0 radical (unpaired) electrons. The number of hydrogen-bond acceptors (Lipinski definition) is 3. The smallest absolute Gasteiger partial charge is 0.142 e. The third-order valence-corrected chi connectivity index (χ3v) is 3.06. The van der Waals surface area contributed by atoms with Gasteiger partial charge in [0.2, 0.25) is 0 Å². The molecule has 0 amide bonds. The van der Waals surface area contributed by atoms with Crippen molar-refractivity contribution in [2.24, 2.45) is 0 Å². The molecule has 0 fully saturated rings. The van der Waals surface area contributed by atoms with Crippen LogP contribution < -0.4 is 0 Å². The standard InChI is InChI=1S/C7H10BrNOS/c1-9(2)7(10)6-3-5(8)4-11-6/h3-4,7,10H,1-2H3. The van der Waals surface area contributed by atoms with E-state index in [1.165, 1.54) is 0 Å². The molecule has 1 aromatic rings. The number of aliphatic hydroxyl groups is 1. The third kappa shape index (κ3) is 2.27. The van der Waals surface area contributed by atoms with E-state index >= 15 is 0 Å². The molecule has 0 bridgehead atoms. The highest BCUT2D eigenvalue weighted by molar-refractivity contribution is 9.10. The van der Waals surface area contributed by atoms with E-state index in [4.69, 9.17) is 0 Å². The van der Waals surface area contributed by atoms with Crippen molar-refractivity contribution in [2.45, 2.75) is 6.23 Å². The normalized spacial score (nSPS) is 13.9. The molecule has 0 aromatic carbocycles. The van der Waals surface area contributed by atoms with Gasteiger partial charge < -0.3 is 5.11 Å².